The largest absolute Gasteiger partial charge is 0.347 e. The monoisotopic (exact) mass is 370 g/mol. The average Bonchev–Trinajstić information content (AvgIpc) is 3.04. The molecule has 2 amide bonds. The van der Waals surface area contributed by atoms with E-state index in [0.717, 1.165) is 29.0 Å². The van der Waals surface area contributed by atoms with Crippen LogP contribution in [0.5, 0.6) is 0 Å². The molecule has 0 bridgehead atoms. The molecule has 4 nitrogen and oxygen atoms in total. The van der Waals surface area contributed by atoms with Crippen molar-refractivity contribution in [3.05, 3.63) is 51.2 Å². The van der Waals surface area contributed by atoms with E-state index < -0.39 is 0 Å². The zero-order valence-electron chi connectivity index (χ0n) is 15.6. The van der Waals surface area contributed by atoms with Gasteiger partial charge in [-0.25, -0.2) is 0 Å². The number of hydrogen-bond donors (Lipinski definition) is 2. The number of nitrogens with one attached hydrogen (secondary N) is 2. The molecule has 0 spiro atoms. The fraction of sp³-hybridized carbons (Fsp3) is 0.429. The van der Waals surface area contributed by atoms with Crippen LogP contribution in [0, 0.1) is 11.8 Å². The lowest BCUT2D eigenvalue weighted by atomic mass is 9.90. The molecule has 1 aromatic heterocycles. The number of rotatable bonds is 5. The first-order valence-electron chi connectivity index (χ1n) is 9.22. The minimum Gasteiger partial charge on any atom is -0.347 e. The molecule has 0 radical (unpaired) electrons. The van der Waals surface area contributed by atoms with Gasteiger partial charge in [0, 0.05) is 23.0 Å². The van der Waals surface area contributed by atoms with Crippen molar-refractivity contribution in [2.75, 3.05) is 5.32 Å². The Morgan fingerprint density at radius 1 is 1.23 bits per heavy atom. The minimum atomic E-state index is -0.0476. The first kappa shape index (κ1) is 18.6. The molecule has 0 saturated carbocycles. The second kappa shape index (κ2) is 8.04. The van der Waals surface area contributed by atoms with Gasteiger partial charge in [0.15, 0.2) is 0 Å². The highest BCUT2D eigenvalue weighted by atomic mass is 32.1. The lowest BCUT2D eigenvalue weighted by Gasteiger charge is -2.16. The van der Waals surface area contributed by atoms with Crippen LogP contribution in [0.4, 0.5) is 5.69 Å². The van der Waals surface area contributed by atoms with E-state index >= 15 is 0 Å². The molecule has 0 saturated heterocycles. The molecule has 3 rings (SSSR count). The second-order valence-corrected chi connectivity index (χ2v) is 8.57. The Morgan fingerprint density at radius 3 is 2.65 bits per heavy atom. The number of carbonyl (C=O) groups excluding carboxylic acids is 2. The summed E-state index contributed by atoms with van der Waals surface area (Å²) in [5.74, 6) is 0.660. The van der Waals surface area contributed by atoms with E-state index in [1.165, 1.54) is 16.9 Å². The van der Waals surface area contributed by atoms with Gasteiger partial charge in [0.25, 0.3) is 5.91 Å². The lowest BCUT2D eigenvalue weighted by molar-refractivity contribution is -0.118. The molecule has 1 aliphatic rings. The summed E-state index contributed by atoms with van der Waals surface area (Å²) in [7, 11) is 0. The number of fused-ring (bicyclic) bond motifs is 1. The number of thiophene rings is 1. The van der Waals surface area contributed by atoms with E-state index in [9.17, 15) is 9.59 Å². The number of aryl methyl sites for hydroxylation is 1. The number of carbonyl (C=O) groups is 2. The maximum absolute atomic E-state index is 12.4. The Labute approximate surface area is 159 Å². The van der Waals surface area contributed by atoms with E-state index in [1.807, 2.05) is 38.1 Å². The first-order chi connectivity index (χ1) is 12.4. The summed E-state index contributed by atoms with van der Waals surface area (Å²) in [6.07, 6.45) is 3.40. The highest BCUT2D eigenvalue weighted by molar-refractivity contribution is 7.14. The molecule has 1 unspecified atom stereocenters. The van der Waals surface area contributed by atoms with Gasteiger partial charge in [0.05, 0.1) is 4.88 Å². The Morgan fingerprint density at radius 2 is 1.96 bits per heavy atom. The maximum Gasteiger partial charge on any atom is 0.261 e. The van der Waals surface area contributed by atoms with Crippen LogP contribution in [0.15, 0.2) is 30.3 Å². The van der Waals surface area contributed by atoms with Gasteiger partial charge in [-0.05, 0) is 54.5 Å². The normalized spacial score (nSPS) is 16.2. The van der Waals surface area contributed by atoms with Crippen molar-refractivity contribution in [3.8, 4) is 0 Å². The third-order valence-electron chi connectivity index (χ3n) is 4.75. The Balaban J connectivity index is 1.55. The molecule has 0 fully saturated rings. The van der Waals surface area contributed by atoms with Crippen molar-refractivity contribution in [2.45, 2.75) is 46.6 Å². The van der Waals surface area contributed by atoms with Crippen LogP contribution in [0.3, 0.4) is 0 Å². The van der Waals surface area contributed by atoms with Gasteiger partial charge >= 0.3 is 0 Å². The zero-order chi connectivity index (χ0) is 18.7. The van der Waals surface area contributed by atoms with Crippen LogP contribution >= 0.6 is 11.3 Å². The summed E-state index contributed by atoms with van der Waals surface area (Å²) in [6.45, 7) is 6.48. The summed E-state index contributed by atoms with van der Waals surface area (Å²) in [5.41, 5.74) is 3.14. The quantitative estimate of drug-likeness (QED) is 0.820. The molecule has 2 N–H and O–H groups in total. The smallest absolute Gasteiger partial charge is 0.261 e. The van der Waals surface area contributed by atoms with Gasteiger partial charge in [-0.3, -0.25) is 9.59 Å². The van der Waals surface area contributed by atoms with E-state index in [4.69, 9.17) is 0 Å². The summed E-state index contributed by atoms with van der Waals surface area (Å²) in [4.78, 5) is 26.3. The molecule has 1 atom stereocenters. The zero-order valence-corrected chi connectivity index (χ0v) is 16.4. The molecule has 138 valence electrons. The standard InChI is InChI=1S/C21H26N2O2S/c1-13(2)20(24)23-17-7-5-15(6-8-17)12-22-21(25)19-11-16-10-14(3)4-9-18(16)26-19/h5-8,11,13-14H,4,9-10,12H2,1-3H3,(H,22,25)(H,23,24). The first-order valence-corrected chi connectivity index (χ1v) is 10.0. The predicted octanol–water partition coefficient (Wildman–Crippen LogP) is 4.40. The number of amides is 2. The number of hydrogen-bond acceptors (Lipinski definition) is 3. The molecular weight excluding hydrogens is 344 g/mol. The van der Waals surface area contributed by atoms with Crippen molar-refractivity contribution < 1.29 is 9.59 Å². The summed E-state index contributed by atoms with van der Waals surface area (Å²) < 4.78 is 0. The molecule has 1 aromatic carbocycles. The van der Waals surface area contributed by atoms with Crippen molar-refractivity contribution >= 4 is 28.8 Å². The second-order valence-electron chi connectivity index (χ2n) is 7.43. The van der Waals surface area contributed by atoms with Gasteiger partial charge in [-0.2, -0.15) is 0 Å². The number of anilines is 1. The molecule has 0 aliphatic heterocycles. The molecule has 5 heteroatoms. The van der Waals surface area contributed by atoms with Crippen LogP contribution < -0.4 is 10.6 Å². The molecular formula is C21H26N2O2S. The van der Waals surface area contributed by atoms with Gasteiger partial charge in [-0.1, -0.05) is 32.9 Å². The van der Waals surface area contributed by atoms with E-state index in [0.29, 0.717) is 12.5 Å². The van der Waals surface area contributed by atoms with E-state index in [1.54, 1.807) is 11.3 Å². The van der Waals surface area contributed by atoms with Crippen LogP contribution in [0.2, 0.25) is 0 Å². The average molecular weight is 371 g/mol. The molecule has 2 aromatic rings. The minimum absolute atomic E-state index is 0.00188. The van der Waals surface area contributed by atoms with E-state index in [-0.39, 0.29) is 17.7 Å². The fourth-order valence-electron chi connectivity index (χ4n) is 3.08. The van der Waals surface area contributed by atoms with Crippen molar-refractivity contribution in [1.29, 1.82) is 0 Å². The van der Waals surface area contributed by atoms with Crippen LogP contribution in [0.1, 0.15) is 52.9 Å². The van der Waals surface area contributed by atoms with Crippen molar-refractivity contribution in [2.24, 2.45) is 11.8 Å². The lowest BCUT2D eigenvalue weighted by Crippen LogP contribution is -2.22. The molecule has 1 aliphatic carbocycles. The topological polar surface area (TPSA) is 58.2 Å². The van der Waals surface area contributed by atoms with Crippen molar-refractivity contribution in [3.63, 3.8) is 0 Å². The Hall–Kier alpha value is -2.14. The molecule has 26 heavy (non-hydrogen) atoms. The summed E-state index contributed by atoms with van der Waals surface area (Å²) in [5, 5.41) is 5.86. The van der Waals surface area contributed by atoms with Crippen LogP contribution in [-0.2, 0) is 24.2 Å². The maximum atomic E-state index is 12.4. The highest BCUT2D eigenvalue weighted by Crippen LogP contribution is 2.32. The van der Waals surface area contributed by atoms with Crippen molar-refractivity contribution in [1.82, 2.24) is 5.32 Å². The SMILES string of the molecule is CC1CCc2sc(C(=O)NCc3ccc(NC(=O)C(C)C)cc3)cc2C1. The Bertz CT molecular complexity index is 793. The molecule has 1 heterocycles. The highest BCUT2D eigenvalue weighted by Gasteiger charge is 2.20. The fourth-order valence-corrected chi connectivity index (χ4v) is 4.20. The van der Waals surface area contributed by atoms with E-state index in [2.05, 4.69) is 23.6 Å². The van der Waals surface area contributed by atoms with Gasteiger partial charge in [-0.15, -0.1) is 11.3 Å². The summed E-state index contributed by atoms with van der Waals surface area (Å²) >= 11 is 1.63. The van der Waals surface area contributed by atoms with Gasteiger partial charge in [0.2, 0.25) is 5.91 Å². The third kappa shape index (κ3) is 4.52. The Kier molecular flexibility index (Phi) is 5.77. The van der Waals surface area contributed by atoms with Crippen LogP contribution in [-0.4, -0.2) is 11.8 Å². The van der Waals surface area contributed by atoms with Gasteiger partial charge < -0.3 is 10.6 Å². The summed E-state index contributed by atoms with van der Waals surface area (Å²) in [6, 6.07) is 9.66. The predicted molar refractivity (Wildman–Crippen MR) is 107 cm³/mol. The third-order valence-corrected chi connectivity index (χ3v) is 5.99. The number of benzene rings is 1. The van der Waals surface area contributed by atoms with Crippen LogP contribution in [0.25, 0.3) is 0 Å². The van der Waals surface area contributed by atoms with Gasteiger partial charge in [0.1, 0.15) is 0 Å².